The number of ether oxygens (including phenoxy) is 1. The lowest BCUT2D eigenvalue weighted by Gasteiger charge is -2.11. The fourth-order valence-electron chi connectivity index (χ4n) is 4.68. The second-order valence-corrected chi connectivity index (χ2v) is 11.6. The third kappa shape index (κ3) is 7.01. The molecule has 1 saturated carbocycles. The van der Waals surface area contributed by atoms with Gasteiger partial charge in [-0.05, 0) is 47.5 Å². The van der Waals surface area contributed by atoms with Crippen molar-refractivity contribution in [1.82, 2.24) is 0 Å². The van der Waals surface area contributed by atoms with Crippen molar-refractivity contribution >= 4 is 58.0 Å². The number of alkyl halides is 5. The molecule has 0 aliphatic heterocycles. The molecule has 5 nitrogen and oxygen atoms in total. The van der Waals surface area contributed by atoms with Crippen LogP contribution in [0.1, 0.15) is 38.5 Å². The SMILES string of the molecule is COCC(=O)Cc1c(F)ccc(CC(=O)c2cc(NC(=O)[C@H]3[C@H](c4ccc(F)c(C(F)(F)F)c4)C3(Cl)Cl)ccc2Cl)c1F. The molecule has 0 spiro atoms. The maximum Gasteiger partial charge on any atom is 0.419 e. The Morgan fingerprint density at radius 2 is 1.63 bits per heavy atom. The summed E-state index contributed by atoms with van der Waals surface area (Å²) in [6.45, 7) is -0.356. The first-order valence-corrected chi connectivity index (χ1v) is 13.5. The molecule has 0 aromatic heterocycles. The Balaban J connectivity index is 1.52. The maximum atomic E-state index is 15.0. The average molecular weight is 667 g/mol. The number of amides is 1. The van der Waals surface area contributed by atoms with E-state index in [0.29, 0.717) is 12.1 Å². The van der Waals surface area contributed by atoms with Crippen LogP contribution in [-0.4, -0.2) is 35.5 Å². The Bertz CT molecular complexity index is 1610. The molecule has 3 aromatic carbocycles. The second kappa shape index (κ2) is 12.5. The minimum Gasteiger partial charge on any atom is -0.377 e. The van der Waals surface area contributed by atoms with Crippen LogP contribution in [0, 0.1) is 23.4 Å². The Morgan fingerprint density at radius 1 is 0.953 bits per heavy atom. The molecule has 1 aliphatic rings. The molecule has 0 bridgehead atoms. The minimum atomic E-state index is -4.99. The number of rotatable bonds is 10. The van der Waals surface area contributed by atoms with Gasteiger partial charge in [0.2, 0.25) is 5.91 Å². The highest BCUT2D eigenvalue weighted by molar-refractivity contribution is 6.53. The van der Waals surface area contributed by atoms with Gasteiger partial charge in [-0.1, -0.05) is 23.7 Å². The molecule has 1 amide bonds. The standard InChI is InChI=1S/C29H20Cl3F6NO4/c1-43-12-16(40)11-18-21(33)6-3-14(26(18)35)9-23(41)17-10-15(4-5-20(17)30)39-27(42)25-24(28(25,31)32)13-2-7-22(34)19(8-13)29(36,37)38/h2-8,10,24-25H,9,11-12H2,1H3,(H,39,42)/t24-,25+/m0/s1. The fraction of sp³-hybridized carbons (Fsp3) is 0.276. The van der Waals surface area contributed by atoms with Crippen LogP contribution in [0.3, 0.4) is 0 Å². The number of hydrogen-bond donors (Lipinski definition) is 1. The summed E-state index contributed by atoms with van der Waals surface area (Å²) in [6, 6.07) is 7.97. The lowest BCUT2D eigenvalue weighted by molar-refractivity contribution is -0.140. The van der Waals surface area contributed by atoms with Crippen molar-refractivity contribution in [2.45, 2.75) is 29.3 Å². The summed E-state index contributed by atoms with van der Waals surface area (Å²) in [5.41, 5.74) is -2.46. The van der Waals surface area contributed by atoms with Gasteiger partial charge >= 0.3 is 6.18 Å². The average Bonchev–Trinajstić information content (AvgIpc) is 3.50. The van der Waals surface area contributed by atoms with E-state index in [9.17, 15) is 36.3 Å². The van der Waals surface area contributed by atoms with Crippen LogP contribution in [0.15, 0.2) is 48.5 Å². The molecule has 1 fully saturated rings. The lowest BCUT2D eigenvalue weighted by Crippen LogP contribution is -2.18. The molecule has 4 rings (SSSR count). The van der Waals surface area contributed by atoms with Crippen LogP contribution in [0.4, 0.5) is 32.0 Å². The molecule has 0 saturated heterocycles. The van der Waals surface area contributed by atoms with E-state index in [-0.39, 0.29) is 34.0 Å². The third-order valence-corrected chi connectivity index (χ3v) is 8.09. The van der Waals surface area contributed by atoms with Gasteiger partial charge in [0.15, 0.2) is 11.6 Å². The van der Waals surface area contributed by atoms with Crippen molar-refractivity contribution in [3.8, 4) is 0 Å². The highest BCUT2D eigenvalue weighted by Gasteiger charge is 2.67. The van der Waals surface area contributed by atoms with Gasteiger partial charge in [0.05, 0.1) is 16.5 Å². The number of Topliss-reactive ketones (excluding diaryl/α,β-unsaturated/α-hetero) is 2. The number of benzene rings is 3. The van der Waals surface area contributed by atoms with E-state index in [1.165, 1.54) is 25.3 Å². The summed E-state index contributed by atoms with van der Waals surface area (Å²) < 4.78 is 85.4. The van der Waals surface area contributed by atoms with E-state index in [1.54, 1.807) is 0 Å². The number of carbonyl (C=O) groups excluding carboxylic acids is 3. The number of methoxy groups -OCH3 is 1. The van der Waals surface area contributed by atoms with Gasteiger partial charge in [-0.3, -0.25) is 14.4 Å². The molecule has 14 heteroatoms. The zero-order valence-corrected chi connectivity index (χ0v) is 24.2. The van der Waals surface area contributed by atoms with E-state index < -0.39 is 81.2 Å². The van der Waals surface area contributed by atoms with Crippen molar-refractivity contribution < 1.29 is 45.5 Å². The molecule has 0 radical (unpaired) electrons. The summed E-state index contributed by atoms with van der Waals surface area (Å²) in [4.78, 5) is 37.9. The molecule has 2 atom stereocenters. The first-order chi connectivity index (χ1) is 20.1. The molecule has 0 unspecified atom stereocenters. The van der Waals surface area contributed by atoms with E-state index >= 15 is 4.39 Å². The second-order valence-electron chi connectivity index (χ2n) is 9.80. The van der Waals surface area contributed by atoms with E-state index in [4.69, 9.17) is 34.8 Å². The van der Waals surface area contributed by atoms with Crippen molar-refractivity contribution in [3.63, 3.8) is 0 Å². The molecule has 43 heavy (non-hydrogen) atoms. The minimum absolute atomic E-state index is 0.0352. The lowest BCUT2D eigenvalue weighted by atomic mass is 9.98. The number of hydrogen-bond acceptors (Lipinski definition) is 4. The molecule has 1 N–H and O–H groups in total. The monoisotopic (exact) mass is 665 g/mol. The van der Waals surface area contributed by atoms with Crippen LogP contribution in [0.25, 0.3) is 0 Å². The van der Waals surface area contributed by atoms with Gasteiger partial charge in [0, 0.05) is 42.7 Å². The van der Waals surface area contributed by atoms with Crippen LogP contribution in [-0.2, 0) is 33.3 Å². The largest absolute Gasteiger partial charge is 0.419 e. The highest BCUT2D eigenvalue weighted by atomic mass is 35.5. The van der Waals surface area contributed by atoms with Crippen LogP contribution < -0.4 is 5.32 Å². The van der Waals surface area contributed by atoms with Gasteiger partial charge in [-0.2, -0.15) is 13.2 Å². The molecular weight excluding hydrogens is 647 g/mol. The van der Waals surface area contributed by atoms with Crippen LogP contribution >= 0.6 is 34.8 Å². The summed E-state index contributed by atoms with van der Waals surface area (Å²) >= 11 is 18.6. The van der Waals surface area contributed by atoms with E-state index in [0.717, 1.165) is 18.2 Å². The zero-order valence-electron chi connectivity index (χ0n) is 21.9. The first-order valence-electron chi connectivity index (χ1n) is 12.4. The summed E-state index contributed by atoms with van der Waals surface area (Å²) in [5.74, 6) is -7.96. The Hall–Kier alpha value is -3.12. The van der Waals surface area contributed by atoms with E-state index in [2.05, 4.69) is 10.1 Å². The van der Waals surface area contributed by atoms with Gasteiger partial charge in [-0.25, -0.2) is 13.2 Å². The molecule has 3 aromatic rings. The van der Waals surface area contributed by atoms with Gasteiger partial charge in [0.1, 0.15) is 28.4 Å². The zero-order chi connectivity index (χ0) is 31.9. The normalized spacial score (nSPS) is 17.4. The third-order valence-electron chi connectivity index (χ3n) is 6.82. The van der Waals surface area contributed by atoms with Crippen molar-refractivity contribution in [3.05, 3.63) is 98.8 Å². The van der Waals surface area contributed by atoms with Crippen LogP contribution in [0.2, 0.25) is 5.02 Å². The van der Waals surface area contributed by atoms with Crippen molar-refractivity contribution in [2.75, 3.05) is 19.0 Å². The Morgan fingerprint density at radius 3 is 2.28 bits per heavy atom. The maximum absolute atomic E-state index is 15.0. The van der Waals surface area contributed by atoms with E-state index in [1.807, 2.05) is 0 Å². The quantitative estimate of drug-likeness (QED) is 0.138. The van der Waals surface area contributed by atoms with Gasteiger partial charge < -0.3 is 10.1 Å². The number of ketones is 2. The summed E-state index contributed by atoms with van der Waals surface area (Å²) in [7, 11) is 1.25. The smallest absolute Gasteiger partial charge is 0.377 e. The number of anilines is 1. The highest BCUT2D eigenvalue weighted by Crippen LogP contribution is 2.65. The predicted octanol–water partition coefficient (Wildman–Crippen LogP) is 7.49. The Labute approximate surface area is 256 Å². The van der Waals surface area contributed by atoms with Crippen molar-refractivity contribution in [1.29, 1.82) is 0 Å². The fourth-order valence-corrected chi connectivity index (χ4v) is 5.73. The first kappa shape index (κ1) is 32.8. The van der Waals surface area contributed by atoms with Crippen molar-refractivity contribution in [2.24, 2.45) is 5.92 Å². The number of nitrogens with one attached hydrogen (secondary N) is 1. The topological polar surface area (TPSA) is 72.5 Å². The van der Waals surface area contributed by atoms with Gasteiger partial charge in [0.25, 0.3) is 0 Å². The molecular formula is C29H20Cl3F6NO4. The molecule has 228 valence electrons. The van der Waals surface area contributed by atoms with Gasteiger partial charge in [-0.15, -0.1) is 23.2 Å². The Kier molecular flexibility index (Phi) is 9.51. The summed E-state index contributed by atoms with van der Waals surface area (Å²) in [5, 5.41) is 2.42. The molecule has 0 heterocycles. The predicted molar refractivity (Wildman–Crippen MR) is 147 cm³/mol. The van der Waals surface area contributed by atoms with Crippen LogP contribution in [0.5, 0.6) is 0 Å². The number of halogens is 9. The number of carbonyl (C=O) groups is 3. The molecule has 1 aliphatic carbocycles. The summed E-state index contributed by atoms with van der Waals surface area (Å²) in [6.07, 6.45) is -6.14.